The van der Waals surface area contributed by atoms with Crippen molar-refractivity contribution < 1.29 is 9.59 Å². The first-order valence-corrected chi connectivity index (χ1v) is 10.0. The van der Waals surface area contributed by atoms with E-state index in [1.807, 2.05) is 42.5 Å². The summed E-state index contributed by atoms with van der Waals surface area (Å²) in [6.07, 6.45) is 3.57. The predicted molar refractivity (Wildman–Crippen MR) is 116 cm³/mol. The van der Waals surface area contributed by atoms with Crippen LogP contribution in [0.1, 0.15) is 19.3 Å². The summed E-state index contributed by atoms with van der Waals surface area (Å²) in [7, 11) is 0. The van der Waals surface area contributed by atoms with Crippen molar-refractivity contribution in [3.63, 3.8) is 0 Å². The first-order valence-electron chi connectivity index (χ1n) is 10.0. The first-order chi connectivity index (χ1) is 14.1. The highest BCUT2D eigenvalue weighted by atomic mass is 16.2. The summed E-state index contributed by atoms with van der Waals surface area (Å²) >= 11 is 0. The van der Waals surface area contributed by atoms with Gasteiger partial charge in [0.15, 0.2) is 0 Å². The molecule has 4 rings (SSSR count). The van der Waals surface area contributed by atoms with Crippen molar-refractivity contribution in [1.82, 2.24) is 9.88 Å². The molecule has 5 heteroatoms. The fourth-order valence-corrected chi connectivity index (χ4v) is 3.91. The van der Waals surface area contributed by atoms with Crippen LogP contribution in [0.5, 0.6) is 0 Å². The Kier molecular flexibility index (Phi) is 5.47. The van der Waals surface area contributed by atoms with Crippen molar-refractivity contribution in [3.8, 4) is 11.3 Å². The van der Waals surface area contributed by atoms with E-state index in [0.29, 0.717) is 19.5 Å². The molecule has 29 heavy (non-hydrogen) atoms. The van der Waals surface area contributed by atoms with Gasteiger partial charge in [-0.15, -0.1) is 6.58 Å². The van der Waals surface area contributed by atoms with Gasteiger partial charge in [-0.3, -0.25) is 9.59 Å². The Morgan fingerprint density at radius 3 is 2.86 bits per heavy atom. The van der Waals surface area contributed by atoms with Gasteiger partial charge in [-0.2, -0.15) is 0 Å². The second-order valence-corrected chi connectivity index (χ2v) is 7.51. The Balaban J connectivity index is 1.46. The molecule has 0 spiro atoms. The van der Waals surface area contributed by atoms with Crippen LogP contribution in [0.3, 0.4) is 0 Å². The number of hydrogen-bond donors (Lipinski definition) is 2. The van der Waals surface area contributed by atoms with Crippen LogP contribution in [0.2, 0.25) is 0 Å². The fourth-order valence-electron chi connectivity index (χ4n) is 3.91. The minimum absolute atomic E-state index is 0.0325. The van der Waals surface area contributed by atoms with Gasteiger partial charge in [0.2, 0.25) is 11.8 Å². The molecule has 3 aromatic rings. The summed E-state index contributed by atoms with van der Waals surface area (Å²) in [5.74, 6) is -0.178. The third-order valence-corrected chi connectivity index (χ3v) is 5.43. The Labute approximate surface area is 170 Å². The molecule has 5 nitrogen and oxygen atoms in total. The summed E-state index contributed by atoms with van der Waals surface area (Å²) in [5.41, 5.74) is 3.88. The van der Waals surface area contributed by atoms with Crippen molar-refractivity contribution >= 4 is 28.4 Å². The molecule has 148 valence electrons. The number of aromatic amines is 1. The lowest BCUT2D eigenvalue weighted by molar-refractivity contribution is -0.133. The fraction of sp³-hybridized carbons (Fsp3) is 0.250. The number of nitrogens with one attached hydrogen (secondary N) is 2. The van der Waals surface area contributed by atoms with Gasteiger partial charge in [0.25, 0.3) is 0 Å². The van der Waals surface area contributed by atoms with E-state index in [-0.39, 0.29) is 17.7 Å². The third-order valence-electron chi connectivity index (χ3n) is 5.43. The van der Waals surface area contributed by atoms with E-state index >= 15 is 0 Å². The van der Waals surface area contributed by atoms with Crippen LogP contribution in [0.15, 0.2) is 67.3 Å². The monoisotopic (exact) mass is 387 g/mol. The van der Waals surface area contributed by atoms with Gasteiger partial charge in [0, 0.05) is 47.4 Å². The van der Waals surface area contributed by atoms with Crippen LogP contribution in [0, 0.1) is 5.92 Å². The minimum Gasteiger partial charge on any atom is -0.355 e. The molecule has 0 bridgehead atoms. The lowest BCUT2D eigenvalue weighted by Crippen LogP contribution is -2.43. The number of aromatic nitrogens is 1. The van der Waals surface area contributed by atoms with Gasteiger partial charge in [0.1, 0.15) is 0 Å². The Bertz CT molecular complexity index is 1020. The van der Waals surface area contributed by atoms with Crippen LogP contribution in [0.25, 0.3) is 22.2 Å². The van der Waals surface area contributed by atoms with Crippen molar-refractivity contribution in [3.05, 3.63) is 67.3 Å². The second kappa shape index (κ2) is 8.35. The second-order valence-electron chi connectivity index (χ2n) is 7.51. The molecule has 2 aromatic carbocycles. The molecule has 0 aliphatic carbocycles. The van der Waals surface area contributed by atoms with Crippen LogP contribution >= 0.6 is 0 Å². The van der Waals surface area contributed by atoms with Gasteiger partial charge < -0.3 is 15.2 Å². The molecule has 1 saturated heterocycles. The Hall–Kier alpha value is -3.34. The molecule has 1 fully saturated rings. The van der Waals surface area contributed by atoms with Crippen LogP contribution in [0.4, 0.5) is 5.69 Å². The summed E-state index contributed by atoms with van der Waals surface area (Å²) in [6.45, 7) is 4.81. The maximum Gasteiger partial charge on any atom is 0.229 e. The first kappa shape index (κ1) is 19.0. The number of amides is 2. The van der Waals surface area contributed by atoms with Crippen LogP contribution in [-0.4, -0.2) is 34.8 Å². The quantitative estimate of drug-likeness (QED) is 0.629. The molecule has 1 atom stereocenters. The van der Waals surface area contributed by atoms with Crippen LogP contribution < -0.4 is 5.32 Å². The smallest absolute Gasteiger partial charge is 0.229 e. The molecule has 2 heterocycles. The number of benzene rings is 2. The van der Waals surface area contributed by atoms with E-state index in [4.69, 9.17) is 0 Å². The van der Waals surface area contributed by atoms with Crippen molar-refractivity contribution in [1.29, 1.82) is 0 Å². The minimum atomic E-state index is -0.186. The molecule has 0 saturated carbocycles. The van der Waals surface area contributed by atoms with Crippen molar-refractivity contribution in [2.45, 2.75) is 19.3 Å². The van der Waals surface area contributed by atoms with Gasteiger partial charge in [-0.1, -0.05) is 36.4 Å². The lowest BCUT2D eigenvalue weighted by atomic mass is 9.96. The van der Waals surface area contributed by atoms with Crippen LogP contribution in [-0.2, 0) is 9.59 Å². The molecule has 1 aromatic heterocycles. The summed E-state index contributed by atoms with van der Waals surface area (Å²) < 4.78 is 0. The normalized spacial score (nSPS) is 16.6. The maximum atomic E-state index is 12.8. The van der Waals surface area contributed by atoms with E-state index < -0.39 is 0 Å². The number of carbonyl (C=O) groups is 2. The number of nitrogens with zero attached hydrogens (tertiary/aromatic N) is 1. The number of hydrogen-bond acceptors (Lipinski definition) is 2. The molecule has 1 aliphatic rings. The molecule has 2 N–H and O–H groups in total. The third kappa shape index (κ3) is 4.24. The Morgan fingerprint density at radius 1 is 1.17 bits per heavy atom. The number of carbonyl (C=O) groups excluding carboxylic acids is 2. The van der Waals surface area contributed by atoms with Crippen molar-refractivity contribution in [2.75, 3.05) is 18.4 Å². The number of fused-ring (bicyclic) bond motifs is 1. The molecular weight excluding hydrogens is 362 g/mol. The highest BCUT2D eigenvalue weighted by Gasteiger charge is 2.28. The zero-order chi connectivity index (χ0) is 20.2. The van der Waals surface area contributed by atoms with E-state index in [9.17, 15) is 9.59 Å². The average Bonchev–Trinajstić information content (AvgIpc) is 3.19. The lowest BCUT2D eigenvalue weighted by Gasteiger charge is -2.32. The SMILES string of the molecule is C=CCC(=O)N1CCC[C@H](C(=O)Nc2cccc(-c3cc4ccccc4[nH]3)c2)C1. The predicted octanol–water partition coefficient (Wildman–Crippen LogP) is 4.59. The van der Waals surface area contributed by atoms with Gasteiger partial charge in [-0.25, -0.2) is 0 Å². The number of H-pyrrole nitrogens is 1. The maximum absolute atomic E-state index is 12.8. The number of para-hydroxylation sites is 1. The molecule has 2 amide bonds. The molecule has 1 aliphatic heterocycles. The van der Waals surface area contributed by atoms with Gasteiger partial charge >= 0.3 is 0 Å². The van der Waals surface area contributed by atoms with Gasteiger partial charge in [0.05, 0.1) is 5.92 Å². The molecule has 0 radical (unpaired) electrons. The molecular formula is C24H25N3O2. The molecule has 0 unspecified atom stereocenters. The van der Waals surface area contributed by atoms with Gasteiger partial charge in [-0.05, 0) is 37.1 Å². The summed E-state index contributed by atoms with van der Waals surface area (Å²) in [5, 5.41) is 4.19. The van der Waals surface area contributed by atoms with E-state index in [0.717, 1.165) is 40.7 Å². The number of piperidine rings is 1. The van der Waals surface area contributed by atoms with E-state index in [1.165, 1.54) is 0 Å². The number of anilines is 1. The largest absolute Gasteiger partial charge is 0.355 e. The Morgan fingerprint density at radius 2 is 2.03 bits per heavy atom. The van der Waals surface area contributed by atoms with Crippen molar-refractivity contribution in [2.24, 2.45) is 5.92 Å². The highest BCUT2D eigenvalue weighted by molar-refractivity contribution is 5.94. The number of rotatable bonds is 5. The zero-order valence-corrected chi connectivity index (χ0v) is 16.4. The summed E-state index contributed by atoms with van der Waals surface area (Å²) in [4.78, 5) is 30.1. The standard InChI is InChI=1S/C24H25N3O2/c1-2-7-23(28)27-13-6-10-19(16-27)24(29)25-20-11-5-9-17(14-20)22-15-18-8-3-4-12-21(18)26-22/h2-5,8-9,11-12,14-15,19,26H,1,6-7,10,13,16H2,(H,25,29)/t19-/m0/s1. The highest BCUT2D eigenvalue weighted by Crippen LogP contribution is 2.27. The summed E-state index contributed by atoms with van der Waals surface area (Å²) in [6, 6.07) is 18.1. The average molecular weight is 387 g/mol. The van der Waals surface area contributed by atoms with E-state index in [2.05, 4.69) is 29.0 Å². The zero-order valence-electron chi connectivity index (χ0n) is 16.4. The number of likely N-dealkylation sites (tertiary alicyclic amines) is 1. The van der Waals surface area contributed by atoms with E-state index in [1.54, 1.807) is 11.0 Å². The topological polar surface area (TPSA) is 65.2 Å².